The normalized spacial score (nSPS) is 12.7. The number of anilines is 1. The molecule has 0 aliphatic rings. The van der Waals surface area contributed by atoms with Gasteiger partial charge in [-0.25, -0.2) is 8.42 Å². The third-order valence-electron chi connectivity index (χ3n) is 3.46. The highest BCUT2D eigenvalue weighted by Crippen LogP contribution is 2.23. The number of rotatable bonds is 5. The Morgan fingerprint density at radius 3 is 2.30 bits per heavy atom. The fraction of sp³-hybridized carbons (Fsp3) is 0.235. The van der Waals surface area contributed by atoms with Gasteiger partial charge in [-0.15, -0.1) is 0 Å². The predicted molar refractivity (Wildman–Crippen MR) is 89.1 cm³/mol. The second kappa shape index (κ2) is 6.93. The Balaban J connectivity index is 2.23. The van der Waals surface area contributed by atoms with Crippen molar-refractivity contribution in [1.82, 2.24) is 0 Å². The molecule has 0 saturated heterocycles. The molecule has 1 amide bonds. The molecule has 6 heteroatoms. The van der Waals surface area contributed by atoms with Gasteiger partial charge in [0.15, 0.2) is 15.9 Å². The molecule has 0 saturated carbocycles. The number of aryl methyl sites for hydroxylation is 1. The molecule has 0 bridgehead atoms. The Morgan fingerprint density at radius 1 is 1.13 bits per heavy atom. The third-order valence-corrected chi connectivity index (χ3v) is 4.57. The number of sulfone groups is 1. The van der Waals surface area contributed by atoms with Crippen molar-refractivity contribution in [3.63, 3.8) is 0 Å². The van der Waals surface area contributed by atoms with Crippen LogP contribution in [0.4, 0.5) is 5.69 Å². The smallest absolute Gasteiger partial charge is 0.258 e. The van der Waals surface area contributed by atoms with E-state index in [0.717, 1.165) is 11.8 Å². The Kier molecular flexibility index (Phi) is 5.18. The van der Waals surface area contributed by atoms with Gasteiger partial charge >= 0.3 is 0 Å². The molecular formula is C17H19NO4S. The Hall–Kier alpha value is -2.18. The summed E-state index contributed by atoms with van der Waals surface area (Å²) in [6, 6.07) is 13.8. The van der Waals surface area contributed by atoms with E-state index in [9.17, 15) is 13.2 Å². The molecule has 5 nitrogen and oxygen atoms in total. The highest BCUT2D eigenvalue weighted by Gasteiger charge is 2.20. The van der Waals surface area contributed by atoms with Crippen LogP contribution in [0.2, 0.25) is 0 Å². The van der Waals surface area contributed by atoms with E-state index in [0.29, 0.717) is 11.3 Å². The van der Waals surface area contributed by atoms with Crippen LogP contribution in [-0.2, 0) is 19.4 Å². The fourth-order valence-corrected chi connectivity index (χ4v) is 2.93. The summed E-state index contributed by atoms with van der Waals surface area (Å²) in [6.07, 6.45) is 0.418. The summed E-state index contributed by atoms with van der Waals surface area (Å²) in [5, 5.41) is 2.78. The second-order valence-corrected chi connectivity index (χ2v) is 7.28. The Labute approximate surface area is 136 Å². The van der Waals surface area contributed by atoms with Crippen LogP contribution in [0.15, 0.2) is 53.4 Å². The van der Waals surface area contributed by atoms with E-state index in [4.69, 9.17) is 4.74 Å². The third kappa shape index (κ3) is 4.18. The second-order valence-electron chi connectivity index (χ2n) is 5.26. The Morgan fingerprint density at radius 2 is 1.78 bits per heavy atom. The van der Waals surface area contributed by atoms with Crippen molar-refractivity contribution in [1.29, 1.82) is 0 Å². The molecule has 0 spiro atoms. The van der Waals surface area contributed by atoms with Gasteiger partial charge in [-0.3, -0.25) is 4.79 Å². The predicted octanol–water partition coefficient (Wildman–Crippen LogP) is 2.72. The SMILES string of the molecule is COC(C(=O)Nc1ccc(S(C)(=O)=O)cc1C)c1ccccc1. The molecule has 1 N–H and O–H groups in total. The summed E-state index contributed by atoms with van der Waals surface area (Å²) in [7, 11) is -1.80. The summed E-state index contributed by atoms with van der Waals surface area (Å²) in [5.41, 5.74) is 1.97. The first-order valence-electron chi connectivity index (χ1n) is 7.02. The van der Waals surface area contributed by atoms with Gasteiger partial charge in [0.05, 0.1) is 4.90 Å². The van der Waals surface area contributed by atoms with E-state index in [-0.39, 0.29) is 10.8 Å². The van der Waals surface area contributed by atoms with Gasteiger partial charge in [-0.05, 0) is 36.2 Å². The summed E-state index contributed by atoms with van der Waals surface area (Å²) in [4.78, 5) is 12.6. The molecule has 0 fully saturated rings. The number of carbonyl (C=O) groups excluding carboxylic acids is 1. The van der Waals surface area contributed by atoms with Crippen LogP contribution < -0.4 is 5.32 Å². The largest absolute Gasteiger partial charge is 0.367 e. The molecule has 2 rings (SSSR count). The molecule has 2 aromatic rings. The van der Waals surface area contributed by atoms with E-state index in [2.05, 4.69) is 5.32 Å². The van der Waals surface area contributed by atoms with E-state index in [1.165, 1.54) is 19.2 Å². The van der Waals surface area contributed by atoms with Crippen LogP contribution in [-0.4, -0.2) is 27.7 Å². The highest BCUT2D eigenvalue weighted by atomic mass is 32.2. The first kappa shape index (κ1) is 17.2. The molecule has 2 aromatic carbocycles. The van der Waals surface area contributed by atoms with Gasteiger partial charge in [0.1, 0.15) is 0 Å². The zero-order valence-corrected chi connectivity index (χ0v) is 14.1. The molecule has 1 unspecified atom stereocenters. The van der Waals surface area contributed by atoms with Crippen molar-refractivity contribution in [2.75, 3.05) is 18.7 Å². The maximum absolute atomic E-state index is 12.4. The van der Waals surface area contributed by atoms with Crippen LogP contribution in [0.3, 0.4) is 0 Å². The van der Waals surface area contributed by atoms with E-state index in [1.807, 2.05) is 30.3 Å². The summed E-state index contributed by atoms with van der Waals surface area (Å²) in [6.45, 7) is 1.74. The molecule has 1 atom stereocenters. The van der Waals surface area contributed by atoms with Gasteiger partial charge in [-0.1, -0.05) is 30.3 Å². The summed E-state index contributed by atoms with van der Waals surface area (Å²) >= 11 is 0. The first-order valence-corrected chi connectivity index (χ1v) is 8.91. The number of carbonyl (C=O) groups is 1. The molecule has 0 aliphatic heterocycles. The monoisotopic (exact) mass is 333 g/mol. The van der Waals surface area contributed by atoms with Gasteiger partial charge in [0.25, 0.3) is 5.91 Å². The standard InChI is InChI=1S/C17H19NO4S/c1-12-11-14(23(3,20)21)9-10-15(12)18-17(19)16(22-2)13-7-5-4-6-8-13/h4-11,16H,1-3H3,(H,18,19). The van der Waals surface area contributed by atoms with Crippen LogP contribution in [0.5, 0.6) is 0 Å². The molecule has 0 heterocycles. The number of benzene rings is 2. The molecular weight excluding hydrogens is 314 g/mol. The van der Waals surface area contributed by atoms with Gasteiger partial charge < -0.3 is 10.1 Å². The van der Waals surface area contributed by atoms with E-state index < -0.39 is 15.9 Å². The Bertz CT molecular complexity index is 801. The molecule has 0 aliphatic carbocycles. The minimum Gasteiger partial charge on any atom is -0.367 e. The van der Waals surface area contributed by atoms with Crippen molar-refractivity contribution in [2.24, 2.45) is 0 Å². The topological polar surface area (TPSA) is 72.5 Å². The van der Waals surface area contributed by atoms with Gasteiger partial charge in [0.2, 0.25) is 0 Å². The van der Waals surface area contributed by atoms with Crippen LogP contribution in [0.1, 0.15) is 17.2 Å². The molecule has 0 radical (unpaired) electrons. The minimum atomic E-state index is -3.27. The number of methoxy groups -OCH3 is 1. The average Bonchev–Trinajstić information content (AvgIpc) is 2.50. The lowest BCUT2D eigenvalue weighted by Crippen LogP contribution is -2.23. The zero-order valence-electron chi connectivity index (χ0n) is 13.2. The van der Waals surface area contributed by atoms with E-state index in [1.54, 1.807) is 13.0 Å². The zero-order chi connectivity index (χ0) is 17.0. The lowest BCUT2D eigenvalue weighted by atomic mass is 10.1. The molecule has 122 valence electrons. The number of nitrogens with one attached hydrogen (secondary N) is 1. The number of ether oxygens (including phenoxy) is 1. The lowest BCUT2D eigenvalue weighted by Gasteiger charge is -2.17. The quantitative estimate of drug-likeness (QED) is 0.913. The van der Waals surface area contributed by atoms with Crippen molar-refractivity contribution in [3.05, 3.63) is 59.7 Å². The maximum atomic E-state index is 12.4. The van der Waals surface area contributed by atoms with E-state index >= 15 is 0 Å². The van der Waals surface area contributed by atoms with Crippen molar-refractivity contribution in [2.45, 2.75) is 17.9 Å². The number of amides is 1. The average molecular weight is 333 g/mol. The summed E-state index contributed by atoms with van der Waals surface area (Å²) < 4.78 is 28.4. The van der Waals surface area contributed by atoms with Crippen LogP contribution in [0.25, 0.3) is 0 Å². The fourth-order valence-electron chi connectivity index (χ4n) is 2.23. The molecule has 0 aromatic heterocycles. The lowest BCUT2D eigenvalue weighted by molar-refractivity contribution is -0.126. The van der Waals surface area contributed by atoms with Crippen molar-refractivity contribution < 1.29 is 17.9 Å². The maximum Gasteiger partial charge on any atom is 0.258 e. The van der Waals surface area contributed by atoms with Gasteiger partial charge in [0, 0.05) is 19.1 Å². The number of hydrogen-bond acceptors (Lipinski definition) is 4. The van der Waals surface area contributed by atoms with Crippen LogP contribution in [0, 0.1) is 6.92 Å². The van der Waals surface area contributed by atoms with Crippen LogP contribution >= 0.6 is 0 Å². The van der Waals surface area contributed by atoms with Crippen molar-refractivity contribution >= 4 is 21.4 Å². The number of hydrogen-bond donors (Lipinski definition) is 1. The molecule has 23 heavy (non-hydrogen) atoms. The highest BCUT2D eigenvalue weighted by molar-refractivity contribution is 7.90. The van der Waals surface area contributed by atoms with Gasteiger partial charge in [-0.2, -0.15) is 0 Å². The van der Waals surface area contributed by atoms with Crippen molar-refractivity contribution in [3.8, 4) is 0 Å². The first-order chi connectivity index (χ1) is 10.8. The minimum absolute atomic E-state index is 0.222. The summed E-state index contributed by atoms with van der Waals surface area (Å²) in [5.74, 6) is -0.311.